The number of nitrogens with zero attached hydrogens (tertiary/aromatic N) is 2. The first-order valence-electron chi connectivity index (χ1n) is 5.56. The molecule has 0 bridgehead atoms. The van der Waals surface area contributed by atoms with Crippen molar-refractivity contribution in [2.45, 2.75) is 6.61 Å². The Kier molecular flexibility index (Phi) is 4.27. The maximum Gasteiger partial charge on any atom is 0.270 e. The quantitative estimate of drug-likeness (QED) is 0.480. The van der Waals surface area contributed by atoms with Gasteiger partial charge >= 0.3 is 0 Å². The largest absolute Gasteiger partial charge is 0.488 e. The van der Waals surface area contributed by atoms with Crippen LogP contribution >= 0.6 is 11.6 Å². The molecule has 20 heavy (non-hydrogen) atoms. The van der Waals surface area contributed by atoms with Gasteiger partial charge in [0.05, 0.1) is 15.5 Å². The van der Waals surface area contributed by atoms with E-state index in [4.69, 9.17) is 16.3 Å². The Morgan fingerprint density at radius 3 is 2.85 bits per heavy atom. The molecule has 6 nitrogen and oxygen atoms in total. The van der Waals surface area contributed by atoms with Crippen LogP contribution in [0.15, 0.2) is 36.7 Å². The predicted octanol–water partition coefficient (Wildman–Crippen LogP) is 3.03. The van der Waals surface area contributed by atoms with Crippen molar-refractivity contribution in [2.75, 3.05) is 0 Å². The van der Waals surface area contributed by atoms with Crippen LogP contribution in [0.5, 0.6) is 5.75 Å². The minimum atomic E-state index is -0.573. The molecular weight excluding hydrogens is 284 g/mol. The molecule has 0 aliphatic rings. The standard InChI is InChI=1S/C13H9ClN2O4/c14-12-6-15-4-3-9(12)8-20-13-2-1-11(16(18)19)5-10(13)7-17/h1-7H,8H2. The summed E-state index contributed by atoms with van der Waals surface area (Å²) in [6, 6.07) is 5.51. The maximum atomic E-state index is 10.9. The highest BCUT2D eigenvalue weighted by Crippen LogP contribution is 2.24. The van der Waals surface area contributed by atoms with E-state index >= 15 is 0 Å². The summed E-state index contributed by atoms with van der Waals surface area (Å²) in [6.45, 7) is 0.139. The Morgan fingerprint density at radius 1 is 1.40 bits per heavy atom. The molecule has 7 heteroatoms. The zero-order chi connectivity index (χ0) is 14.5. The number of aromatic nitrogens is 1. The second kappa shape index (κ2) is 6.12. The van der Waals surface area contributed by atoms with Crippen molar-refractivity contribution in [1.82, 2.24) is 4.98 Å². The van der Waals surface area contributed by atoms with Gasteiger partial charge in [-0.1, -0.05) is 11.6 Å². The molecule has 0 atom stereocenters. The molecule has 1 heterocycles. The lowest BCUT2D eigenvalue weighted by atomic mass is 10.2. The van der Waals surface area contributed by atoms with Crippen LogP contribution in [0, 0.1) is 10.1 Å². The van der Waals surface area contributed by atoms with E-state index in [1.165, 1.54) is 18.3 Å². The van der Waals surface area contributed by atoms with E-state index in [0.29, 0.717) is 16.9 Å². The van der Waals surface area contributed by atoms with Crippen LogP contribution in [0.3, 0.4) is 0 Å². The summed E-state index contributed by atoms with van der Waals surface area (Å²) < 4.78 is 5.46. The van der Waals surface area contributed by atoms with E-state index in [0.717, 1.165) is 6.07 Å². The number of nitro benzene ring substituents is 1. The molecule has 0 unspecified atom stereocenters. The Balaban J connectivity index is 2.19. The molecule has 0 saturated heterocycles. The highest BCUT2D eigenvalue weighted by Gasteiger charge is 2.11. The number of benzene rings is 1. The Labute approximate surface area is 119 Å². The first-order chi connectivity index (χ1) is 9.61. The van der Waals surface area contributed by atoms with Crippen molar-refractivity contribution < 1.29 is 14.5 Å². The van der Waals surface area contributed by atoms with Gasteiger partial charge in [-0.2, -0.15) is 0 Å². The second-order valence-electron chi connectivity index (χ2n) is 3.85. The Hall–Kier alpha value is -2.47. The van der Waals surface area contributed by atoms with Gasteiger partial charge < -0.3 is 4.74 Å². The number of carbonyl (C=O) groups excluding carboxylic acids is 1. The lowest BCUT2D eigenvalue weighted by Gasteiger charge is -2.09. The maximum absolute atomic E-state index is 10.9. The van der Waals surface area contributed by atoms with Crippen molar-refractivity contribution in [3.63, 3.8) is 0 Å². The van der Waals surface area contributed by atoms with Gasteiger partial charge in [0.2, 0.25) is 0 Å². The van der Waals surface area contributed by atoms with Gasteiger partial charge in [0.15, 0.2) is 6.29 Å². The number of pyridine rings is 1. The summed E-state index contributed by atoms with van der Waals surface area (Å²) in [7, 11) is 0. The molecule has 2 rings (SSSR count). The zero-order valence-corrected chi connectivity index (χ0v) is 10.9. The predicted molar refractivity (Wildman–Crippen MR) is 72.1 cm³/mol. The van der Waals surface area contributed by atoms with Gasteiger partial charge in [-0.3, -0.25) is 19.9 Å². The van der Waals surface area contributed by atoms with Crippen molar-refractivity contribution in [2.24, 2.45) is 0 Å². The van der Waals surface area contributed by atoms with Crippen LogP contribution in [-0.4, -0.2) is 16.2 Å². The fourth-order valence-corrected chi connectivity index (χ4v) is 1.72. The fraction of sp³-hybridized carbons (Fsp3) is 0.0769. The minimum absolute atomic E-state index is 0.115. The summed E-state index contributed by atoms with van der Waals surface area (Å²) in [5.41, 5.74) is 0.655. The van der Waals surface area contributed by atoms with Gasteiger partial charge in [-0.25, -0.2) is 0 Å². The first-order valence-corrected chi connectivity index (χ1v) is 5.94. The third kappa shape index (κ3) is 3.10. The summed E-state index contributed by atoms with van der Waals surface area (Å²) >= 11 is 5.93. The third-order valence-corrected chi connectivity index (χ3v) is 2.91. The number of nitro groups is 1. The number of hydrogen-bond acceptors (Lipinski definition) is 5. The average molecular weight is 293 g/mol. The molecule has 0 spiro atoms. The molecule has 102 valence electrons. The van der Waals surface area contributed by atoms with E-state index < -0.39 is 4.92 Å². The highest BCUT2D eigenvalue weighted by molar-refractivity contribution is 6.31. The molecule has 0 N–H and O–H groups in total. The van der Waals surface area contributed by atoms with Crippen molar-refractivity contribution in [3.05, 3.63) is 62.9 Å². The van der Waals surface area contributed by atoms with Crippen LogP contribution in [0.2, 0.25) is 5.02 Å². The summed E-state index contributed by atoms with van der Waals surface area (Å²) in [5.74, 6) is 0.262. The van der Waals surface area contributed by atoms with E-state index in [1.807, 2.05) is 0 Å². The molecule has 0 amide bonds. The van der Waals surface area contributed by atoms with Crippen molar-refractivity contribution >= 4 is 23.6 Å². The summed E-state index contributed by atoms with van der Waals surface area (Å²) in [5, 5.41) is 11.1. The Morgan fingerprint density at radius 2 is 2.20 bits per heavy atom. The number of hydrogen-bond donors (Lipinski definition) is 0. The van der Waals surface area contributed by atoms with Crippen LogP contribution in [-0.2, 0) is 6.61 Å². The molecule has 1 aromatic carbocycles. The lowest BCUT2D eigenvalue weighted by molar-refractivity contribution is -0.384. The third-order valence-electron chi connectivity index (χ3n) is 2.57. The topological polar surface area (TPSA) is 82.3 Å². The molecule has 0 aliphatic carbocycles. The monoisotopic (exact) mass is 292 g/mol. The highest BCUT2D eigenvalue weighted by atomic mass is 35.5. The summed E-state index contributed by atoms with van der Waals surface area (Å²) in [6.07, 6.45) is 3.56. The molecule has 0 fully saturated rings. The number of non-ortho nitro benzene ring substituents is 1. The normalized spacial score (nSPS) is 10.1. The Bertz CT molecular complexity index is 661. The SMILES string of the molecule is O=Cc1cc([N+](=O)[O-])ccc1OCc1ccncc1Cl. The number of ether oxygens (including phenoxy) is 1. The lowest BCUT2D eigenvalue weighted by Crippen LogP contribution is -2.00. The van der Waals surface area contributed by atoms with Crippen LogP contribution < -0.4 is 4.74 Å². The average Bonchev–Trinajstić information content (AvgIpc) is 2.46. The first kappa shape index (κ1) is 14.0. The molecular formula is C13H9ClN2O4. The molecule has 2 aromatic rings. The minimum Gasteiger partial charge on any atom is -0.488 e. The molecule has 0 radical (unpaired) electrons. The van der Waals surface area contributed by atoms with Gasteiger partial charge in [0.25, 0.3) is 5.69 Å². The van der Waals surface area contributed by atoms with Gasteiger partial charge in [0.1, 0.15) is 12.4 Å². The van der Waals surface area contributed by atoms with Gasteiger partial charge in [0, 0.05) is 30.1 Å². The molecule has 0 saturated carbocycles. The van der Waals surface area contributed by atoms with Crippen LogP contribution in [0.4, 0.5) is 5.69 Å². The van der Waals surface area contributed by atoms with Crippen LogP contribution in [0.25, 0.3) is 0 Å². The number of aldehydes is 1. The molecule has 0 aliphatic heterocycles. The van der Waals surface area contributed by atoms with E-state index in [2.05, 4.69) is 4.98 Å². The van der Waals surface area contributed by atoms with Gasteiger partial charge in [-0.05, 0) is 12.1 Å². The number of halogens is 1. The van der Waals surface area contributed by atoms with Crippen molar-refractivity contribution in [1.29, 1.82) is 0 Å². The smallest absolute Gasteiger partial charge is 0.270 e. The summed E-state index contributed by atoms with van der Waals surface area (Å²) in [4.78, 5) is 24.8. The van der Waals surface area contributed by atoms with Gasteiger partial charge in [-0.15, -0.1) is 0 Å². The number of rotatable bonds is 5. The fourth-order valence-electron chi connectivity index (χ4n) is 1.55. The van der Waals surface area contributed by atoms with Crippen molar-refractivity contribution in [3.8, 4) is 5.75 Å². The van der Waals surface area contributed by atoms with E-state index in [1.54, 1.807) is 12.3 Å². The second-order valence-corrected chi connectivity index (χ2v) is 4.26. The van der Waals surface area contributed by atoms with E-state index in [-0.39, 0.29) is 23.6 Å². The number of carbonyl (C=O) groups is 1. The van der Waals surface area contributed by atoms with Crippen LogP contribution in [0.1, 0.15) is 15.9 Å². The molecule has 1 aromatic heterocycles. The van der Waals surface area contributed by atoms with E-state index in [9.17, 15) is 14.9 Å². The zero-order valence-electron chi connectivity index (χ0n) is 10.2.